The van der Waals surface area contributed by atoms with E-state index in [9.17, 15) is 15.0 Å². The van der Waals surface area contributed by atoms with Crippen molar-refractivity contribution in [3.63, 3.8) is 0 Å². The van der Waals surface area contributed by atoms with E-state index in [1.54, 1.807) is 18.2 Å². The van der Waals surface area contributed by atoms with Crippen LogP contribution in [0.1, 0.15) is 46.3 Å². The summed E-state index contributed by atoms with van der Waals surface area (Å²) in [5.41, 5.74) is 3.49. The van der Waals surface area contributed by atoms with Crippen molar-refractivity contribution in [2.24, 2.45) is 5.92 Å². The second kappa shape index (κ2) is 9.15. The molecule has 0 saturated carbocycles. The Hall–Kier alpha value is -3.90. The first kappa shape index (κ1) is 21.9. The molecule has 1 aliphatic rings. The average Bonchev–Trinajstić information content (AvgIpc) is 2.86. The Labute approximate surface area is 197 Å². The fraction of sp³-hybridized carbons (Fsp3) is 0.214. The van der Waals surface area contributed by atoms with Crippen LogP contribution in [-0.2, 0) is 6.42 Å². The molecule has 0 saturated heterocycles. The predicted molar refractivity (Wildman–Crippen MR) is 128 cm³/mol. The molecule has 6 heteroatoms. The number of hydrogen-bond donors (Lipinski definition) is 2. The van der Waals surface area contributed by atoms with Crippen molar-refractivity contribution in [3.05, 3.63) is 101 Å². The van der Waals surface area contributed by atoms with Crippen LogP contribution in [0.2, 0.25) is 0 Å². The van der Waals surface area contributed by atoms with Crippen LogP contribution in [0.4, 0.5) is 0 Å². The molecule has 2 N–H and O–H groups in total. The zero-order valence-electron chi connectivity index (χ0n) is 18.7. The number of aliphatic hydroxyl groups excluding tert-OH is 1. The Balaban J connectivity index is 1.33. The molecule has 0 aliphatic carbocycles. The largest absolute Gasteiger partial charge is 0.493 e. The van der Waals surface area contributed by atoms with Gasteiger partial charge in [-0.05, 0) is 61.4 Å². The zero-order valence-corrected chi connectivity index (χ0v) is 18.7. The molecule has 2 heterocycles. The Morgan fingerprint density at radius 3 is 2.79 bits per heavy atom. The number of benzene rings is 3. The number of aromatic nitrogens is 1. The summed E-state index contributed by atoms with van der Waals surface area (Å²) in [6.07, 6.45) is -0.529. The van der Waals surface area contributed by atoms with Gasteiger partial charge in [-0.1, -0.05) is 36.4 Å². The lowest BCUT2D eigenvalue weighted by molar-refractivity contribution is 0.0503. The van der Waals surface area contributed by atoms with Gasteiger partial charge in [-0.3, -0.25) is 0 Å². The van der Waals surface area contributed by atoms with Crippen LogP contribution in [0.25, 0.3) is 10.9 Å². The molecule has 0 amide bonds. The number of ether oxygens (including phenoxy) is 2. The summed E-state index contributed by atoms with van der Waals surface area (Å²) in [7, 11) is 0. The van der Waals surface area contributed by atoms with Crippen molar-refractivity contribution < 1.29 is 24.5 Å². The number of para-hydroxylation sites is 1. The average molecular weight is 456 g/mol. The van der Waals surface area contributed by atoms with Gasteiger partial charge in [0, 0.05) is 16.9 Å². The van der Waals surface area contributed by atoms with Crippen molar-refractivity contribution in [1.82, 2.24) is 4.98 Å². The Morgan fingerprint density at radius 1 is 1.09 bits per heavy atom. The lowest BCUT2D eigenvalue weighted by atomic mass is 9.88. The topological polar surface area (TPSA) is 88.9 Å². The summed E-state index contributed by atoms with van der Waals surface area (Å²) in [4.78, 5) is 16.0. The van der Waals surface area contributed by atoms with Gasteiger partial charge in [0.25, 0.3) is 0 Å². The minimum absolute atomic E-state index is 0.202. The number of rotatable bonds is 6. The van der Waals surface area contributed by atoms with Gasteiger partial charge >= 0.3 is 5.97 Å². The molecule has 6 nitrogen and oxygen atoms in total. The second-order valence-corrected chi connectivity index (χ2v) is 8.61. The summed E-state index contributed by atoms with van der Waals surface area (Å²) >= 11 is 0. The van der Waals surface area contributed by atoms with E-state index in [1.165, 1.54) is 0 Å². The molecule has 1 aromatic heterocycles. The van der Waals surface area contributed by atoms with Crippen LogP contribution in [0.5, 0.6) is 11.5 Å². The van der Waals surface area contributed by atoms with E-state index in [4.69, 9.17) is 14.5 Å². The molecular weight excluding hydrogens is 430 g/mol. The van der Waals surface area contributed by atoms with Crippen LogP contribution in [-0.4, -0.2) is 27.8 Å². The highest BCUT2D eigenvalue weighted by Crippen LogP contribution is 2.39. The minimum atomic E-state index is -0.968. The number of fused-ring (bicyclic) bond motifs is 2. The first-order valence-corrected chi connectivity index (χ1v) is 11.3. The fourth-order valence-electron chi connectivity index (χ4n) is 4.38. The van der Waals surface area contributed by atoms with Crippen LogP contribution >= 0.6 is 0 Å². The molecule has 4 aromatic rings. The Kier molecular flexibility index (Phi) is 5.90. The van der Waals surface area contributed by atoms with Gasteiger partial charge in [0.05, 0.1) is 29.5 Å². The molecule has 34 heavy (non-hydrogen) atoms. The van der Waals surface area contributed by atoms with E-state index < -0.39 is 12.1 Å². The molecule has 0 radical (unpaired) electrons. The molecule has 3 unspecified atom stereocenters. The number of nitrogens with zero attached hydrogens (tertiary/aromatic N) is 1. The maximum absolute atomic E-state index is 11.3. The molecule has 5 rings (SSSR count). The first-order valence-electron chi connectivity index (χ1n) is 11.3. The summed E-state index contributed by atoms with van der Waals surface area (Å²) in [5.74, 6) is 0.0834. The summed E-state index contributed by atoms with van der Waals surface area (Å²) in [6.45, 7) is 2.30. The van der Waals surface area contributed by atoms with E-state index in [-0.39, 0.29) is 17.6 Å². The first-order chi connectivity index (χ1) is 16.5. The van der Waals surface area contributed by atoms with Gasteiger partial charge in [-0.2, -0.15) is 0 Å². The van der Waals surface area contributed by atoms with Gasteiger partial charge in [0.1, 0.15) is 17.6 Å². The molecule has 172 valence electrons. The van der Waals surface area contributed by atoms with Crippen LogP contribution in [0, 0.1) is 5.92 Å². The van der Waals surface area contributed by atoms with Gasteiger partial charge in [-0.15, -0.1) is 0 Å². The Bertz CT molecular complexity index is 1350. The Morgan fingerprint density at radius 2 is 1.94 bits per heavy atom. The molecular formula is C28H25NO5. The minimum Gasteiger partial charge on any atom is -0.493 e. The quantitative estimate of drug-likeness (QED) is 0.407. The van der Waals surface area contributed by atoms with Crippen LogP contribution in [0.15, 0.2) is 78.9 Å². The molecule has 1 aliphatic heterocycles. The van der Waals surface area contributed by atoms with Crippen molar-refractivity contribution in [2.75, 3.05) is 6.61 Å². The van der Waals surface area contributed by atoms with Crippen molar-refractivity contribution in [2.45, 2.75) is 25.6 Å². The monoisotopic (exact) mass is 455 g/mol. The highest BCUT2D eigenvalue weighted by atomic mass is 16.5. The molecule has 3 aromatic carbocycles. The third-order valence-corrected chi connectivity index (χ3v) is 6.22. The van der Waals surface area contributed by atoms with Crippen LogP contribution < -0.4 is 9.47 Å². The number of hydrogen-bond acceptors (Lipinski definition) is 5. The standard InChI is InChI=1S/C28H25NO5/c1-17(24-11-9-19-6-2-3-8-25(19)29-24)34-22-10-12-26-23(15-22)27(30)21(16-33-26)14-18-5-4-7-20(13-18)28(31)32/h2-13,15,17,21,27,30H,14,16H2,1H3,(H,31,32). The fourth-order valence-corrected chi connectivity index (χ4v) is 4.38. The number of carboxylic acids is 1. The van der Waals surface area contributed by atoms with E-state index >= 15 is 0 Å². The highest BCUT2D eigenvalue weighted by molar-refractivity contribution is 5.87. The van der Waals surface area contributed by atoms with E-state index in [0.717, 1.165) is 22.2 Å². The van der Waals surface area contributed by atoms with Gasteiger partial charge in [0.15, 0.2) is 0 Å². The third kappa shape index (κ3) is 4.45. The second-order valence-electron chi connectivity index (χ2n) is 8.61. The summed E-state index contributed by atoms with van der Waals surface area (Å²) in [6, 6.07) is 24.2. The third-order valence-electron chi connectivity index (χ3n) is 6.22. The number of aliphatic hydroxyl groups is 1. The van der Waals surface area contributed by atoms with E-state index in [1.807, 2.05) is 67.6 Å². The molecule has 0 fully saturated rings. The van der Waals surface area contributed by atoms with Gasteiger partial charge in [-0.25, -0.2) is 9.78 Å². The number of carboxylic acid groups (broad SMARTS) is 1. The van der Waals surface area contributed by atoms with Crippen molar-refractivity contribution in [1.29, 1.82) is 0 Å². The highest BCUT2D eigenvalue weighted by Gasteiger charge is 2.30. The molecule has 0 bridgehead atoms. The maximum atomic E-state index is 11.3. The van der Waals surface area contributed by atoms with Crippen molar-refractivity contribution >= 4 is 16.9 Å². The number of aromatic carboxylic acids is 1. The van der Waals surface area contributed by atoms with E-state index in [0.29, 0.717) is 30.1 Å². The van der Waals surface area contributed by atoms with Gasteiger partial charge in [0.2, 0.25) is 0 Å². The molecule has 0 spiro atoms. The molecule has 3 atom stereocenters. The lowest BCUT2D eigenvalue weighted by Gasteiger charge is -2.31. The summed E-state index contributed by atoms with van der Waals surface area (Å²) < 4.78 is 12.1. The van der Waals surface area contributed by atoms with Crippen LogP contribution in [0.3, 0.4) is 0 Å². The van der Waals surface area contributed by atoms with Gasteiger partial charge < -0.3 is 19.7 Å². The number of carbonyl (C=O) groups is 1. The zero-order chi connectivity index (χ0) is 23.7. The SMILES string of the molecule is CC(Oc1ccc2c(c1)C(O)C(Cc1cccc(C(=O)O)c1)CO2)c1ccc2ccccc2n1. The smallest absolute Gasteiger partial charge is 0.335 e. The van der Waals surface area contributed by atoms with E-state index in [2.05, 4.69) is 0 Å². The van der Waals surface area contributed by atoms with Crippen molar-refractivity contribution in [3.8, 4) is 11.5 Å². The summed E-state index contributed by atoms with van der Waals surface area (Å²) in [5, 5.41) is 21.4. The lowest BCUT2D eigenvalue weighted by Crippen LogP contribution is -2.27. The maximum Gasteiger partial charge on any atom is 0.335 e. The number of pyridine rings is 1. The predicted octanol–water partition coefficient (Wildman–Crippen LogP) is 5.36. The normalized spacial score (nSPS) is 18.1.